The highest BCUT2D eigenvalue weighted by Crippen LogP contribution is 2.23. The van der Waals surface area contributed by atoms with Crippen molar-refractivity contribution in [2.24, 2.45) is 5.92 Å². The Morgan fingerprint density at radius 3 is 3.00 bits per heavy atom. The summed E-state index contributed by atoms with van der Waals surface area (Å²) in [5.74, 6) is 0.131. The number of methoxy groups -OCH3 is 1. The Kier molecular flexibility index (Phi) is 4.84. The summed E-state index contributed by atoms with van der Waals surface area (Å²) in [4.78, 5) is 13.8. The molecule has 0 amide bonds. The first-order chi connectivity index (χ1) is 9.61. The van der Waals surface area contributed by atoms with Gasteiger partial charge in [-0.25, -0.2) is 4.79 Å². The van der Waals surface area contributed by atoms with Crippen molar-refractivity contribution >= 4 is 17.3 Å². The lowest BCUT2D eigenvalue weighted by molar-refractivity contribution is 0.0575. The van der Waals surface area contributed by atoms with E-state index in [1.807, 2.05) is 13.1 Å². The Morgan fingerprint density at radius 2 is 2.35 bits per heavy atom. The predicted octanol–water partition coefficient (Wildman–Crippen LogP) is 1.92. The molecule has 1 aliphatic heterocycles. The van der Waals surface area contributed by atoms with E-state index in [0.717, 1.165) is 31.9 Å². The van der Waals surface area contributed by atoms with Crippen molar-refractivity contribution in [2.75, 3.05) is 44.5 Å². The summed E-state index contributed by atoms with van der Waals surface area (Å²) in [6.07, 6.45) is 2.30. The van der Waals surface area contributed by atoms with Crippen LogP contribution >= 0.6 is 0 Å². The Bertz CT molecular complexity index is 470. The van der Waals surface area contributed by atoms with Crippen molar-refractivity contribution in [3.8, 4) is 0 Å². The average molecular weight is 278 g/mol. The smallest absolute Gasteiger partial charge is 0.340 e. The molecule has 1 aromatic rings. The zero-order chi connectivity index (χ0) is 14.5. The van der Waals surface area contributed by atoms with E-state index in [2.05, 4.69) is 4.90 Å². The Balaban J connectivity index is 2.09. The quantitative estimate of drug-likeness (QED) is 0.673. The molecule has 0 aromatic heterocycles. The zero-order valence-corrected chi connectivity index (χ0v) is 12.1. The average Bonchev–Trinajstić information content (AvgIpc) is 2.48. The van der Waals surface area contributed by atoms with Gasteiger partial charge in [-0.1, -0.05) is 0 Å². The van der Waals surface area contributed by atoms with Gasteiger partial charge in [-0.2, -0.15) is 0 Å². The van der Waals surface area contributed by atoms with Crippen molar-refractivity contribution in [1.29, 1.82) is 0 Å². The number of nitrogen functional groups attached to an aromatic ring is 1. The molecule has 0 saturated carbocycles. The maximum Gasteiger partial charge on any atom is 0.340 e. The van der Waals surface area contributed by atoms with Crippen LogP contribution in [0.2, 0.25) is 0 Å². The summed E-state index contributed by atoms with van der Waals surface area (Å²) < 4.78 is 10.2. The van der Waals surface area contributed by atoms with E-state index in [0.29, 0.717) is 17.2 Å². The number of carbonyl (C=O) groups is 1. The maximum absolute atomic E-state index is 11.7. The lowest BCUT2D eigenvalue weighted by Crippen LogP contribution is -2.31. The molecule has 0 spiro atoms. The predicted molar refractivity (Wildman–Crippen MR) is 79.0 cm³/mol. The first-order valence-electron chi connectivity index (χ1n) is 6.88. The monoisotopic (exact) mass is 278 g/mol. The second-order valence-corrected chi connectivity index (χ2v) is 5.23. The number of carbonyl (C=O) groups excluding carboxylic acids is 1. The van der Waals surface area contributed by atoms with Crippen LogP contribution in [-0.4, -0.2) is 39.9 Å². The number of rotatable bonds is 4. The van der Waals surface area contributed by atoms with Gasteiger partial charge in [0.2, 0.25) is 0 Å². The highest BCUT2D eigenvalue weighted by Gasteiger charge is 2.17. The number of ether oxygens (including phenoxy) is 2. The van der Waals surface area contributed by atoms with Crippen molar-refractivity contribution in [1.82, 2.24) is 0 Å². The van der Waals surface area contributed by atoms with Gasteiger partial charge in [0.05, 0.1) is 19.3 Å². The molecular formula is C15H22N2O3. The van der Waals surface area contributed by atoms with Crippen molar-refractivity contribution < 1.29 is 14.3 Å². The molecule has 2 rings (SSSR count). The van der Waals surface area contributed by atoms with Gasteiger partial charge in [-0.3, -0.25) is 0 Å². The molecule has 0 aliphatic carbocycles. The highest BCUT2D eigenvalue weighted by molar-refractivity contribution is 5.96. The second kappa shape index (κ2) is 6.61. The van der Waals surface area contributed by atoms with E-state index in [1.54, 1.807) is 12.1 Å². The van der Waals surface area contributed by atoms with Crippen LogP contribution in [0.1, 0.15) is 23.2 Å². The normalized spacial score (nSPS) is 18.6. The zero-order valence-electron chi connectivity index (χ0n) is 12.1. The third-order valence-corrected chi connectivity index (χ3v) is 3.67. The molecule has 1 aliphatic rings. The van der Waals surface area contributed by atoms with Gasteiger partial charge in [-0.05, 0) is 37.0 Å². The van der Waals surface area contributed by atoms with Crippen molar-refractivity contribution in [3.05, 3.63) is 23.8 Å². The van der Waals surface area contributed by atoms with Crippen LogP contribution < -0.4 is 10.6 Å². The van der Waals surface area contributed by atoms with Crippen LogP contribution in [-0.2, 0) is 9.47 Å². The van der Waals surface area contributed by atoms with Crippen LogP contribution in [0.5, 0.6) is 0 Å². The number of nitrogens with two attached hydrogens (primary N) is 1. The Morgan fingerprint density at radius 1 is 1.55 bits per heavy atom. The van der Waals surface area contributed by atoms with E-state index in [4.69, 9.17) is 15.2 Å². The molecule has 0 radical (unpaired) electrons. The van der Waals surface area contributed by atoms with Crippen LogP contribution in [0.25, 0.3) is 0 Å². The fraction of sp³-hybridized carbons (Fsp3) is 0.533. The lowest BCUT2D eigenvalue weighted by Gasteiger charge is -2.28. The summed E-state index contributed by atoms with van der Waals surface area (Å²) in [6, 6.07) is 5.45. The van der Waals surface area contributed by atoms with Gasteiger partial charge in [0.25, 0.3) is 0 Å². The SMILES string of the molecule is COC(=O)c1cc(N(C)CC2CCCOC2)ccc1N. The molecule has 1 atom stereocenters. The molecule has 5 heteroatoms. The first-order valence-corrected chi connectivity index (χ1v) is 6.88. The minimum Gasteiger partial charge on any atom is -0.465 e. The minimum atomic E-state index is -0.404. The third-order valence-electron chi connectivity index (χ3n) is 3.67. The van der Waals surface area contributed by atoms with Crippen molar-refractivity contribution in [2.45, 2.75) is 12.8 Å². The van der Waals surface area contributed by atoms with Gasteiger partial charge >= 0.3 is 5.97 Å². The Labute approximate surface area is 119 Å². The minimum absolute atomic E-state index is 0.404. The summed E-state index contributed by atoms with van der Waals surface area (Å²) in [5, 5.41) is 0. The number of benzene rings is 1. The van der Waals surface area contributed by atoms with Gasteiger partial charge < -0.3 is 20.1 Å². The Hall–Kier alpha value is -1.75. The van der Waals surface area contributed by atoms with Gasteiger partial charge in [0.1, 0.15) is 0 Å². The fourth-order valence-electron chi connectivity index (χ4n) is 2.51. The standard InChI is InChI=1S/C15H22N2O3/c1-17(9-11-4-3-7-20-10-11)12-5-6-14(16)13(8-12)15(18)19-2/h5-6,8,11H,3-4,7,9-10,16H2,1-2H3. The van der Waals surface area contributed by atoms with E-state index in [9.17, 15) is 4.79 Å². The summed E-state index contributed by atoms with van der Waals surface area (Å²) in [7, 11) is 3.37. The summed E-state index contributed by atoms with van der Waals surface area (Å²) in [6.45, 7) is 2.59. The van der Waals surface area contributed by atoms with Crippen LogP contribution in [0.3, 0.4) is 0 Å². The number of hydrogen-bond donors (Lipinski definition) is 1. The third kappa shape index (κ3) is 3.42. The molecule has 110 valence electrons. The lowest BCUT2D eigenvalue weighted by atomic mass is 10.0. The highest BCUT2D eigenvalue weighted by atomic mass is 16.5. The molecule has 1 unspecified atom stereocenters. The summed E-state index contributed by atoms with van der Waals surface area (Å²) >= 11 is 0. The largest absolute Gasteiger partial charge is 0.465 e. The first kappa shape index (κ1) is 14.7. The van der Waals surface area contributed by atoms with E-state index >= 15 is 0 Å². The second-order valence-electron chi connectivity index (χ2n) is 5.23. The number of hydrogen-bond acceptors (Lipinski definition) is 5. The molecule has 0 bridgehead atoms. The molecule has 5 nitrogen and oxygen atoms in total. The van der Waals surface area contributed by atoms with Gasteiger partial charge in [-0.15, -0.1) is 0 Å². The van der Waals surface area contributed by atoms with E-state index < -0.39 is 5.97 Å². The molecule has 2 N–H and O–H groups in total. The number of esters is 1. The molecule has 1 saturated heterocycles. The van der Waals surface area contributed by atoms with Crippen LogP contribution in [0, 0.1) is 5.92 Å². The van der Waals surface area contributed by atoms with Crippen LogP contribution in [0.4, 0.5) is 11.4 Å². The van der Waals surface area contributed by atoms with Crippen molar-refractivity contribution in [3.63, 3.8) is 0 Å². The molecular weight excluding hydrogens is 256 g/mol. The number of nitrogens with zero attached hydrogens (tertiary/aromatic N) is 1. The molecule has 20 heavy (non-hydrogen) atoms. The van der Waals surface area contributed by atoms with Gasteiger partial charge in [0.15, 0.2) is 0 Å². The van der Waals surface area contributed by atoms with E-state index in [1.165, 1.54) is 13.5 Å². The molecule has 1 aromatic carbocycles. The molecule has 1 heterocycles. The topological polar surface area (TPSA) is 64.8 Å². The van der Waals surface area contributed by atoms with Crippen LogP contribution in [0.15, 0.2) is 18.2 Å². The van der Waals surface area contributed by atoms with E-state index in [-0.39, 0.29) is 0 Å². The summed E-state index contributed by atoms with van der Waals surface area (Å²) in [5.41, 5.74) is 7.63. The number of anilines is 2. The van der Waals surface area contributed by atoms with Gasteiger partial charge in [0, 0.05) is 31.6 Å². The maximum atomic E-state index is 11.7. The molecule has 1 fully saturated rings. The fourth-order valence-corrected chi connectivity index (χ4v) is 2.51.